The first-order valence-electron chi connectivity index (χ1n) is 11.0. The minimum absolute atomic E-state index is 0.105. The average Bonchev–Trinajstić information content (AvgIpc) is 2.74. The van der Waals surface area contributed by atoms with Gasteiger partial charge in [-0.1, -0.05) is 6.92 Å². The van der Waals surface area contributed by atoms with Crippen LogP contribution in [0.5, 0.6) is 5.75 Å². The summed E-state index contributed by atoms with van der Waals surface area (Å²) in [5, 5.41) is 9.71. The third-order valence-electron chi connectivity index (χ3n) is 4.87. The van der Waals surface area contributed by atoms with E-state index in [1.165, 1.54) is 12.1 Å². The SMILES string of the molecule is CCCNC(=O)CN1CCC(NC(=NCC(C)Oc2ccc(F)cc2)NCC)CC1. The van der Waals surface area contributed by atoms with E-state index in [0.29, 0.717) is 24.9 Å². The number of carbonyl (C=O) groups excluding carboxylic acids is 1. The van der Waals surface area contributed by atoms with Crippen LogP contribution in [0.1, 0.15) is 40.0 Å². The zero-order valence-corrected chi connectivity index (χ0v) is 18.4. The number of rotatable bonds is 10. The van der Waals surface area contributed by atoms with Crippen LogP contribution < -0.4 is 20.7 Å². The number of likely N-dealkylation sites (tertiary alicyclic amines) is 1. The standard InChI is InChI=1S/C22H36FN5O2/c1-4-12-25-21(29)16-28-13-10-19(11-14-28)27-22(24-5-2)26-15-17(3)30-20-8-6-18(23)7-9-20/h6-9,17,19H,4-5,10-16H2,1-3H3,(H,25,29)(H2,24,26,27). The second kappa shape index (κ2) is 13.1. The lowest BCUT2D eigenvalue weighted by atomic mass is 10.1. The molecular formula is C22H36FN5O2. The summed E-state index contributed by atoms with van der Waals surface area (Å²) in [4.78, 5) is 18.7. The number of carbonyl (C=O) groups is 1. The molecule has 1 fully saturated rings. The Morgan fingerprint density at radius 3 is 2.57 bits per heavy atom. The van der Waals surface area contributed by atoms with Gasteiger partial charge in [-0.05, 0) is 57.4 Å². The summed E-state index contributed by atoms with van der Waals surface area (Å²) >= 11 is 0. The molecule has 1 aromatic carbocycles. The molecular weight excluding hydrogens is 385 g/mol. The monoisotopic (exact) mass is 421 g/mol. The summed E-state index contributed by atoms with van der Waals surface area (Å²) in [5.41, 5.74) is 0. The van der Waals surface area contributed by atoms with Crippen LogP contribution in [0.2, 0.25) is 0 Å². The number of aliphatic imine (C=N–C) groups is 1. The number of ether oxygens (including phenoxy) is 1. The first-order valence-corrected chi connectivity index (χ1v) is 11.0. The van der Waals surface area contributed by atoms with Crippen molar-refractivity contribution >= 4 is 11.9 Å². The van der Waals surface area contributed by atoms with E-state index in [-0.39, 0.29) is 17.8 Å². The maximum absolute atomic E-state index is 13.0. The fourth-order valence-electron chi connectivity index (χ4n) is 3.27. The first-order chi connectivity index (χ1) is 14.5. The Kier molecular flexibility index (Phi) is 10.4. The number of hydrogen-bond donors (Lipinski definition) is 3. The Labute approximate surface area is 179 Å². The van der Waals surface area contributed by atoms with E-state index < -0.39 is 0 Å². The van der Waals surface area contributed by atoms with Gasteiger partial charge in [-0.2, -0.15) is 0 Å². The van der Waals surface area contributed by atoms with Crippen LogP contribution in [0.3, 0.4) is 0 Å². The van der Waals surface area contributed by atoms with E-state index in [4.69, 9.17) is 4.74 Å². The van der Waals surface area contributed by atoms with Crippen molar-refractivity contribution in [2.45, 2.75) is 52.2 Å². The Hall–Kier alpha value is -2.35. The highest BCUT2D eigenvalue weighted by molar-refractivity contribution is 5.80. The molecule has 1 unspecified atom stereocenters. The van der Waals surface area contributed by atoms with Crippen molar-refractivity contribution in [2.75, 3.05) is 39.3 Å². The number of hydrogen-bond acceptors (Lipinski definition) is 4. The maximum Gasteiger partial charge on any atom is 0.234 e. The molecule has 1 amide bonds. The molecule has 1 saturated heterocycles. The molecule has 0 saturated carbocycles. The first kappa shape index (κ1) is 23.9. The summed E-state index contributed by atoms with van der Waals surface area (Å²) in [6.45, 7) is 10.3. The zero-order chi connectivity index (χ0) is 21.8. The lowest BCUT2D eigenvalue weighted by Gasteiger charge is -2.32. The molecule has 8 heteroatoms. The van der Waals surface area contributed by atoms with Gasteiger partial charge in [0.15, 0.2) is 5.96 Å². The van der Waals surface area contributed by atoms with Crippen LogP contribution in [0.4, 0.5) is 4.39 Å². The van der Waals surface area contributed by atoms with Crippen LogP contribution in [0.25, 0.3) is 0 Å². The normalized spacial score (nSPS) is 16.7. The summed E-state index contributed by atoms with van der Waals surface area (Å²) in [5.74, 6) is 1.23. The lowest BCUT2D eigenvalue weighted by Crippen LogP contribution is -2.50. The van der Waals surface area contributed by atoms with E-state index in [2.05, 4.69) is 32.8 Å². The summed E-state index contributed by atoms with van der Waals surface area (Å²) in [7, 11) is 0. The highest BCUT2D eigenvalue weighted by Crippen LogP contribution is 2.13. The van der Waals surface area contributed by atoms with Crippen molar-refractivity contribution < 1.29 is 13.9 Å². The second-order valence-electron chi connectivity index (χ2n) is 7.65. The predicted octanol–water partition coefficient (Wildman–Crippen LogP) is 2.14. The van der Waals surface area contributed by atoms with Gasteiger partial charge in [0, 0.05) is 32.2 Å². The largest absolute Gasteiger partial charge is 0.489 e. The van der Waals surface area contributed by atoms with Gasteiger partial charge < -0.3 is 20.7 Å². The molecule has 3 N–H and O–H groups in total. The lowest BCUT2D eigenvalue weighted by molar-refractivity contribution is -0.122. The molecule has 1 aliphatic rings. The molecule has 1 atom stereocenters. The summed E-state index contributed by atoms with van der Waals surface area (Å²) in [6.07, 6.45) is 2.76. The number of amides is 1. The van der Waals surface area contributed by atoms with Crippen molar-refractivity contribution in [1.29, 1.82) is 0 Å². The third kappa shape index (κ3) is 8.98. The Bertz CT molecular complexity index is 660. The average molecular weight is 422 g/mol. The topological polar surface area (TPSA) is 78.0 Å². The van der Waals surface area contributed by atoms with Crippen LogP contribution in [0.15, 0.2) is 29.3 Å². The van der Waals surface area contributed by atoms with Crippen molar-refractivity contribution in [3.8, 4) is 5.75 Å². The Balaban J connectivity index is 1.76. The van der Waals surface area contributed by atoms with Crippen molar-refractivity contribution in [3.05, 3.63) is 30.1 Å². The molecule has 0 aliphatic carbocycles. The molecule has 7 nitrogen and oxygen atoms in total. The smallest absolute Gasteiger partial charge is 0.234 e. The molecule has 0 aromatic heterocycles. The quantitative estimate of drug-likeness (QED) is 0.399. The number of piperidine rings is 1. The van der Waals surface area contributed by atoms with Crippen LogP contribution >= 0.6 is 0 Å². The molecule has 1 aliphatic heterocycles. The summed E-state index contributed by atoms with van der Waals surface area (Å²) < 4.78 is 18.8. The summed E-state index contributed by atoms with van der Waals surface area (Å²) in [6, 6.07) is 6.34. The zero-order valence-electron chi connectivity index (χ0n) is 18.4. The molecule has 30 heavy (non-hydrogen) atoms. The van der Waals surface area contributed by atoms with Gasteiger partial charge in [0.25, 0.3) is 0 Å². The van der Waals surface area contributed by atoms with E-state index in [1.54, 1.807) is 12.1 Å². The fraction of sp³-hybridized carbons (Fsp3) is 0.636. The Morgan fingerprint density at radius 2 is 1.93 bits per heavy atom. The minimum Gasteiger partial charge on any atom is -0.489 e. The molecule has 168 valence electrons. The fourth-order valence-corrected chi connectivity index (χ4v) is 3.27. The second-order valence-corrected chi connectivity index (χ2v) is 7.65. The number of nitrogens with one attached hydrogen (secondary N) is 3. The van der Waals surface area contributed by atoms with E-state index in [1.807, 2.05) is 13.8 Å². The van der Waals surface area contributed by atoms with E-state index >= 15 is 0 Å². The van der Waals surface area contributed by atoms with Gasteiger partial charge in [0.2, 0.25) is 5.91 Å². The third-order valence-corrected chi connectivity index (χ3v) is 4.87. The molecule has 0 spiro atoms. The molecule has 0 bridgehead atoms. The van der Waals surface area contributed by atoms with Crippen LogP contribution in [0, 0.1) is 5.82 Å². The van der Waals surface area contributed by atoms with Gasteiger partial charge in [-0.3, -0.25) is 9.69 Å². The minimum atomic E-state index is -0.278. The molecule has 1 aromatic rings. The number of nitrogens with zero attached hydrogens (tertiary/aromatic N) is 2. The molecule has 0 radical (unpaired) electrons. The van der Waals surface area contributed by atoms with Crippen molar-refractivity contribution in [3.63, 3.8) is 0 Å². The van der Waals surface area contributed by atoms with Crippen LogP contribution in [-0.4, -0.2) is 68.2 Å². The molecule has 2 rings (SSSR count). The van der Waals surface area contributed by atoms with E-state index in [9.17, 15) is 9.18 Å². The van der Waals surface area contributed by atoms with Crippen molar-refractivity contribution in [1.82, 2.24) is 20.9 Å². The van der Waals surface area contributed by atoms with Crippen molar-refractivity contribution in [2.24, 2.45) is 4.99 Å². The number of guanidine groups is 1. The highest BCUT2D eigenvalue weighted by atomic mass is 19.1. The van der Waals surface area contributed by atoms with Gasteiger partial charge in [0.05, 0.1) is 13.1 Å². The predicted molar refractivity (Wildman–Crippen MR) is 118 cm³/mol. The maximum atomic E-state index is 13.0. The van der Waals surface area contributed by atoms with Gasteiger partial charge in [0.1, 0.15) is 17.7 Å². The molecule has 1 heterocycles. The van der Waals surface area contributed by atoms with Gasteiger partial charge in [-0.25, -0.2) is 9.38 Å². The van der Waals surface area contributed by atoms with E-state index in [0.717, 1.165) is 51.4 Å². The highest BCUT2D eigenvalue weighted by Gasteiger charge is 2.21. The van der Waals surface area contributed by atoms with Gasteiger partial charge in [-0.15, -0.1) is 0 Å². The van der Waals surface area contributed by atoms with Gasteiger partial charge >= 0.3 is 0 Å². The number of benzene rings is 1. The Morgan fingerprint density at radius 1 is 1.23 bits per heavy atom. The number of halogens is 1. The van der Waals surface area contributed by atoms with Crippen LogP contribution in [-0.2, 0) is 4.79 Å².